The van der Waals surface area contributed by atoms with E-state index in [1.165, 1.54) is 20.0 Å². The van der Waals surface area contributed by atoms with Gasteiger partial charge in [-0.05, 0) is 32.9 Å². The van der Waals surface area contributed by atoms with Crippen LogP contribution in [0.5, 0.6) is 5.75 Å². The van der Waals surface area contributed by atoms with Crippen molar-refractivity contribution in [2.75, 3.05) is 12.8 Å². The van der Waals surface area contributed by atoms with Crippen LogP contribution in [-0.4, -0.2) is 57.7 Å². The van der Waals surface area contributed by atoms with Gasteiger partial charge in [-0.15, -0.1) is 0 Å². The standard InChI is InChI=1S/C24H30N3O9P/c1-14(2)34-23(30)16(4)13-37(32,36-17-9-7-6-8-10-17)33-12-18-20(28)19(25-5)22(35-18)27-11-15(3)21(29)26-24(27)31/h6-11,14,16,18-20,22,28H,12-13H2,1-4H3,(H,26,29,31)/t16-,18+,19-,20?,22+,37+/m1/s1. The molecule has 1 aliphatic heterocycles. The Morgan fingerprint density at radius 3 is 2.57 bits per heavy atom. The van der Waals surface area contributed by atoms with Crippen LogP contribution in [0.15, 0.2) is 46.1 Å². The number of aromatic nitrogens is 2. The van der Waals surface area contributed by atoms with Gasteiger partial charge in [-0.1, -0.05) is 25.1 Å². The lowest BCUT2D eigenvalue weighted by Crippen LogP contribution is -2.37. The molecule has 0 amide bonds. The normalized spacial score (nSPS) is 23.7. The second kappa shape index (κ2) is 11.9. The number of nitrogens with zero attached hydrogens (tertiary/aromatic N) is 2. The van der Waals surface area contributed by atoms with Crippen molar-refractivity contribution in [3.63, 3.8) is 0 Å². The Balaban J connectivity index is 1.81. The lowest BCUT2D eigenvalue weighted by Gasteiger charge is -2.24. The summed E-state index contributed by atoms with van der Waals surface area (Å²) < 4.78 is 37.1. The van der Waals surface area contributed by atoms with Crippen molar-refractivity contribution >= 4 is 13.6 Å². The van der Waals surface area contributed by atoms with Crippen molar-refractivity contribution in [2.45, 2.75) is 58.3 Å². The van der Waals surface area contributed by atoms with E-state index in [4.69, 9.17) is 25.1 Å². The van der Waals surface area contributed by atoms with Crippen LogP contribution in [0.3, 0.4) is 0 Å². The summed E-state index contributed by atoms with van der Waals surface area (Å²) in [5.41, 5.74) is -1.18. The molecule has 0 bridgehead atoms. The molecule has 3 rings (SSSR count). The highest BCUT2D eigenvalue weighted by Crippen LogP contribution is 2.50. The first-order valence-corrected chi connectivity index (χ1v) is 13.4. The van der Waals surface area contributed by atoms with Crippen LogP contribution < -0.4 is 15.8 Å². The van der Waals surface area contributed by atoms with Crippen LogP contribution in [0.2, 0.25) is 0 Å². The predicted molar refractivity (Wildman–Crippen MR) is 132 cm³/mol. The summed E-state index contributed by atoms with van der Waals surface area (Å²) in [6.45, 7) is 13.4. The van der Waals surface area contributed by atoms with Crippen molar-refractivity contribution in [1.29, 1.82) is 0 Å². The summed E-state index contributed by atoms with van der Waals surface area (Å²) in [5.74, 6) is -1.17. The van der Waals surface area contributed by atoms with E-state index in [1.54, 1.807) is 44.2 Å². The maximum Gasteiger partial charge on any atom is 0.380 e. The summed E-state index contributed by atoms with van der Waals surface area (Å²) >= 11 is 0. The number of carbonyl (C=O) groups is 1. The predicted octanol–water partition coefficient (Wildman–Crippen LogP) is 2.27. The van der Waals surface area contributed by atoms with E-state index in [2.05, 4.69) is 9.83 Å². The van der Waals surface area contributed by atoms with Crippen LogP contribution in [0, 0.1) is 19.4 Å². The molecular weight excluding hydrogens is 505 g/mol. The number of hydrogen-bond donors (Lipinski definition) is 2. The molecule has 1 aromatic heterocycles. The molecule has 1 unspecified atom stereocenters. The molecule has 2 aromatic rings. The number of aliphatic hydroxyl groups excluding tert-OH is 1. The van der Waals surface area contributed by atoms with Gasteiger partial charge in [-0.3, -0.25) is 23.7 Å². The number of aryl methyl sites for hydroxylation is 1. The van der Waals surface area contributed by atoms with E-state index < -0.39 is 61.8 Å². The van der Waals surface area contributed by atoms with Crippen LogP contribution in [0.4, 0.5) is 0 Å². The number of rotatable bonds is 10. The summed E-state index contributed by atoms with van der Waals surface area (Å²) in [6.07, 6.45) is -3.23. The van der Waals surface area contributed by atoms with E-state index in [1.807, 2.05) is 0 Å². The molecule has 1 aliphatic rings. The zero-order chi connectivity index (χ0) is 27.3. The largest absolute Gasteiger partial charge is 0.463 e. The smallest absolute Gasteiger partial charge is 0.380 e. The topological polar surface area (TPSA) is 151 Å². The SMILES string of the molecule is [C-]#[N+][C@@H]1C(O)[C@H](CO[P@@](=O)(C[C@@H](C)C(=O)OC(C)C)Oc2ccccc2)O[C@@H]1n1cc(C)c(=O)[nH]c1=O. The lowest BCUT2D eigenvalue weighted by atomic mass is 10.1. The van der Waals surface area contributed by atoms with Crippen LogP contribution in [0.25, 0.3) is 4.85 Å². The molecule has 6 atom stereocenters. The lowest BCUT2D eigenvalue weighted by molar-refractivity contribution is -0.151. The molecule has 1 fully saturated rings. The molecule has 0 spiro atoms. The Morgan fingerprint density at radius 1 is 1.27 bits per heavy atom. The first kappa shape index (κ1) is 28.3. The number of para-hydroxylation sites is 1. The summed E-state index contributed by atoms with van der Waals surface area (Å²) in [7, 11) is -4.00. The average molecular weight is 535 g/mol. The molecule has 200 valence electrons. The summed E-state index contributed by atoms with van der Waals surface area (Å²) in [6, 6.07) is 7.04. The number of nitrogens with one attached hydrogen (secondary N) is 1. The van der Waals surface area contributed by atoms with Gasteiger partial charge < -0.3 is 23.9 Å². The number of hydrogen-bond acceptors (Lipinski definition) is 9. The molecule has 12 nitrogen and oxygen atoms in total. The van der Waals surface area contributed by atoms with Crippen LogP contribution in [-0.2, 0) is 23.4 Å². The third-order valence-electron chi connectivity index (χ3n) is 5.58. The molecule has 0 radical (unpaired) electrons. The van der Waals surface area contributed by atoms with Gasteiger partial charge in [0.05, 0.1) is 24.8 Å². The van der Waals surface area contributed by atoms with Crippen LogP contribution >= 0.6 is 7.60 Å². The van der Waals surface area contributed by atoms with E-state index in [0.29, 0.717) is 0 Å². The van der Waals surface area contributed by atoms with E-state index in [-0.39, 0.29) is 23.6 Å². The van der Waals surface area contributed by atoms with Gasteiger partial charge in [0.2, 0.25) is 6.23 Å². The fourth-order valence-corrected chi connectivity index (χ4v) is 5.59. The Morgan fingerprint density at radius 2 is 1.95 bits per heavy atom. The summed E-state index contributed by atoms with van der Waals surface area (Å²) in [4.78, 5) is 41.9. The van der Waals surface area contributed by atoms with Gasteiger partial charge in [-0.2, -0.15) is 0 Å². The number of esters is 1. The molecular formula is C24H30N3O9P. The molecule has 13 heteroatoms. The first-order valence-electron chi connectivity index (χ1n) is 11.6. The number of H-pyrrole nitrogens is 1. The van der Waals surface area contributed by atoms with Gasteiger partial charge >= 0.3 is 19.3 Å². The second-order valence-electron chi connectivity index (χ2n) is 9.03. The van der Waals surface area contributed by atoms with E-state index in [9.17, 15) is 24.1 Å². The quantitative estimate of drug-likeness (QED) is 0.265. The van der Waals surface area contributed by atoms with Crippen molar-refractivity contribution in [3.8, 4) is 5.75 Å². The molecule has 0 saturated carbocycles. The highest BCUT2D eigenvalue weighted by atomic mass is 31.2. The monoisotopic (exact) mass is 535 g/mol. The Bertz CT molecular complexity index is 1300. The van der Waals surface area contributed by atoms with Gasteiger partial charge in [0, 0.05) is 11.8 Å². The molecule has 2 N–H and O–H groups in total. The van der Waals surface area contributed by atoms with Crippen molar-refractivity contribution in [1.82, 2.24) is 9.55 Å². The highest BCUT2D eigenvalue weighted by Gasteiger charge is 2.51. The van der Waals surface area contributed by atoms with Gasteiger partial charge in [-0.25, -0.2) is 15.9 Å². The molecule has 0 aliphatic carbocycles. The number of aromatic amines is 1. The third-order valence-corrected chi connectivity index (χ3v) is 7.61. The fraction of sp³-hybridized carbons (Fsp3) is 0.500. The average Bonchev–Trinajstić information content (AvgIpc) is 3.15. The molecule has 2 heterocycles. The molecule has 1 aromatic carbocycles. The fourth-order valence-electron chi connectivity index (χ4n) is 3.72. The Hall–Kier alpha value is -3.23. The Kier molecular flexibility index (Phi) is 9.10. The van der Waals surface area contributed by atoms with E-state index >= 15 is 0 Å². The number of aliphatic hydroxyl groups is 1. The number of benzene rings is 1. The minimum Gasteiger partial charge on any atom is -0.463 e. The second-order valence-corrected chi connectivity index (χ2v) is 11.1. The van der Waals surface area contributed by atoms with E-state index in [0.717, 1.165) is 4.57 Å². The van der Waals surface area contributed by atoms with Crippen molar-refractivity contribution < 1.29 is 33.0 Å². The van der Waals surface area contributed by atoms with Crippen LogP contribution in [0.1, 0.15) is 32.6 Å². The highest BCUT2D eigenvalue weighted by molar-refractivity contribution is 7.54. The summed E-state index contributed by atoms with van der Waals surface area (Å²) in [5, 5.41) is 10.7. The number of ether oxygens (including phenoxy) is 2. The number of carbonyl (C=O) groups excluding carboxylic acids is 1. The molecule has 1 saturated heterocycles. The van der Waals surface area contributed by atoms with Crippen molar-refractivity contribution in [2.24, 2.45) is 5.92 Å². The Labute approximate surface area is 213 Å². The van der Waals surface area contributed by atoms with Crippen molar-refractivity contribution in [3.05, 3.63) is 74.3 Å². The van der Waals surface area contributed by atoms with Gasteiger partial charge in [0.25, 0.3) is 11.6 Å². The minimum atomic E-state index is -4.00. The minimum absolute atomic E-state index is 0.212. The zero-order valence-electron chi connectivity index (χ0n) is 20.9. The first-order chi connectivity index (χ1) is 17.4. The maximum atomic E-state index is 13.7. The zero-order valence-corrected chi connectivity index (χ0v) is 21.8. The maximum absolute atomic E-state index is 13.7. The van der Waals surface area contributed by atoms with Gasteiger partial charge in [0.1, 0.15) is 11.9 Å². The molecule has 37 heavy (non-hydrogen) atoms. The van der Waals surface area contributed by atoms with Gasteiger partial charge in [0.15, 0.2) is 6.10 Å². The third kappa shape index (κ3) is 6.96.